The largest absolute Gasteiger partial charge is 0.348 e. The summed E-state index contributed by atoms with van der Waals surface area (Å²) in [6.07, 6.45) is 5.25. The predicted molar refractivity (Wildman–Crippen MR) is 78.0 cm³/mol. The summed E-state index contributed by atoms with van der Waals surface area (Å²) in [5, 5.41) is 0. The third-order valence-electron chi connectivity index (χ3n) is 3.25. The highest BCUT2D eigenvalue weighted by Crippen LogP contribution is 2.25. The number of ether oxygens (including phenoxy) is 2. The van der Waals surface area contributed by atoms with E-state index in [-0.39, 0.29) is 11.9 Å². The molecule has 0 amide bonds. The molecule has 120 valence electrons. The van der Waals surface area contributed by atoms with Crippen molar-refractivity contribution in [1.29, 1.82) is 0 Å². The van der Waals surface area contributed by atoms with E-state index in [9.17, 15) is 8.42 Å². The van der Waals surface area contributed by atoms with Crippen molar-refractivity contribution in [3.8, 4) is 0 Å². The maximum Gasteiger partial charge on any atom is 0.267 e. The first kappa shape index (κ1) is 17.9. The Hall–Kier alpha value is -0.170. The minimum atomic E-state index is -3.33. The van der Waals surface area contributed by atoms with Gasteiger partial charge in [-0.25, -0.2) is 0 Å². The fourth-order valence-electron chi connectivity index (χ4n) is 2.12. The zero-order valence-electron chi connectivity index (χ0n) is 12.9. The third-order valence-corrected chi connectivity index (χ3v) is 4.56. The van der Waals surface area contributed by atoms with Crippen LogP contribution in [0.15, 0.2) is 0 Å². The molecule has 0 aliphatic carbocycles. The summed E-state index contributed by atoms with van der Waals surface area (Å²) in [7, 11) is -3.33. The van der Waals surface area contributed by atoms with Gasteiger partial charge >= 0.3 is 0 Å². The average Bonchev–Trinajstić information content (AvgIpc) is 2.68. The van der Waals surface area contributed by atoms with Crippen LogP contribution in [0.1, 0.15) is 59.3 Å². The van der Waals surface area contributed by atoms with E-state index in [0.29, 0.717) is 19.6 Å². The fourth-order valence-corrected chi connectivity index (χ4v) is 3.17. The molecule has 0 saturated carbocycles. The molecular weight excluding hydrogens is 280 g/mol. The molecule has 0 aromatic heterocycles. The lowest BCUT2D eigenvalue weighted by Gasteiger charge is -2.16. The smallest absolute Gasteiger partial charge is 0.267 e. The zero-order chi connectivity index (χ0) is 15.1. The molecule has 20 heavy (non-hydrogen) atoms. The molecule has 1 heterocycles. The lowest BCUT2D eigenvalue weighted by Crippen LogP contribution is -2.21. The summed E-state index contributed by atoms with van der Waals surface area (Å²) in [6, 6.07) is 0. The van der Waals surface area contributed by atoms with E-state index in [4.69, 9.17) is 13.7 Å². The van der Waals surface area contributed by atoms with Crippen LogP contribution >= 0.6 is 0 Å². The molecular formula is C14H28O5S. The second kappa shape index (κ2) is 8.32. The van der Waals surface area contributed by atoms with Gasteiger partial charge in [-0.3, -0.25) is 4.18 Å². The van der Waals surface area contributed by atoms with Crippen molar-refractivity contribution in [2.75, 3.05) is 19.0 Å². The second-order valence-electron chi connectivity index (χ2n) is 5.74. The van der Waals surface area contributed by atoms with Gasteiger partial charge in [0.1, 0.15) is 0 Å². The molecule has 1 aliphatic heterocycles. The van der Waals surface area contributed by atoms with Crippen molar-refractivity contribution in [3.63, 3.8) is 0 Å². The van der Waals surface area contributed by atoms with Crippen LogP contribution in [-0.2, 0) is 23.8 Å². The quantitative estimate of drug-likeness (QED) is 0.459. The normalized spacial score (nSPS) is 22.2. The van der Waals surface area contributed by atoms with Gasteiger partial charge in [0.2, 0.25) is 0 Å². The van der Waals surface area contributed by atoms with Gasteiger partial charge in [0.05, 0.1) is 25.1 Å². The molecule has 1 rings (SSSR count). The molecule has 5 nitrogen and oxygen atoms in total. The van der Waals surface area contributed by atoms with E-state index in [1.165, 1.54) is 0 Å². The minimum absolute atomic E-state index is 0.115. The number of hydrogen-bond donors (Lipinski definition) is 0. The van der Waals surface area contributed by atoms with Crippen LogP contribution in [0, 0.1) is 0 Å². The van der Waals surface area contributed by atoms with Crippen molar-refractivity contribution in [3.05, 3.63) is 0 Å². The standard InChI is InChI=1S/C14H28O5S/c1-4-5-10-18-20(15,16)11-8-6-7-9-13-12-17-14(2,3)19-13/h13H,4-12H2,1-3H3/t13-/m1/s1. The molecule has 0 aromatic carbocycles. The van der Waals surface area contributed by atoms with E-state index >= 15 is 0 Å². The van der Waals surface area contributed by atoms with Gasteiger partial charge in [0.15, 0.2) is 5.79 Å². The Labute approximate surface area is 123 Å². The van der Waals surface area contributed by atoms with E-state index < -0.39 is 15.9 Å². The fraction of sp³-hybridized carbons (Fsp3) is 1.00. The minimum Gasteiger partial charge on any atom is -0.348 e. The van der Waals surface area contributed by atoms with Crippen LogP contribution in [0.2, 0.25) is 0 Å². The van der Waals surface area contributed by atoms with Crippen LogP contribution in [0.4, 0.5) is 0 Å². The summed E-state index contributed by atoms with van der Waals surface area (Å²) >= 11 is 0. The zero-order valence-corrected chi connectivity index (χ0v) is 13.7. The monoisotopic (exact) mass is 308 g/mol. The van der Waals surface area contributed by atoms with Gasteiger partial charge in [0.25, 0.3) is 10.1 Å². The molecule has 6 heteroatoms. The molecule has 0 spiro atoms. The maximum atomic E-state index is 11.5. The molecule has 1 saturated heterocycles. The Morgan fingerprint density at radius 1 is 1.20 bits per heavy atom. The van der Waals surface area contributed by atoms with Crippen LogP contribution in [0.5, 0.6) is 0 Å². The summed E-state index contributed by atoms with van der Waals surface area (Å²) < 4.78 is 39.2. The predicted octanol–water partition coefficient (Wildman–Crippen LogP) is 2.84. The Balaban J connectivity index is 2.04. The van der Waals surface area contributed by atoms with Crippen molar-refractivity contribution >= 4 is 10.1 Å². The van der Waals surface area contributed by atoms with Crippen LogP contribution in [0.25, 0.3) is 0 Å². The summed E-state index contributed by atoms with van der Waals surface area (Å²) in [5.74, 6) is -0.356. The summed E-state index contributed by atoms with van der Waals surface area (Å²) in [4.78, 5) is 0. The first-order chi connectivity index (χ1) is 9.35. The summed E-state index contributed by atoms with van der Waals surface area (Å²) in [6.45, 7) is 6.76. The Bertz CT molecular complexity index is 364. The van der Waals surface area contributed by atoms with Gasteiger partial charge in [-0.05, 0) is 33.1 Å². The first-order valence-electron chi connectivity index (χ1n) is 7.53. The molecule has 0 bridgehead atoms. The van der Waals surface area contributed by atoms with Crippen LogP contribution in [-0.4, -0.2) is 39.3 Å². The van der Waals surface area contributed by atoms with Gasteiger partial charge in [-0.15, -0.1) is 0 Å². The lowest BCUT2D eigenvalue weighted by atomic mass is 10.1. The third kappa shape index (κ3) is 7.57. The molecule has 0 unspecified atom stereocenters. The molecule has 1 atom stereocenters. The average molecular weight is 308 g/mol. The lowest BCUT2D eigenvalue weighted by molar-refractivity contribution is -0.139. The number of unbranched alkanes of at least 4 members (excludes halogenated alkanes) is 3. The van der Waals surface area contributed by atoms with E-state index in [1.54, 1.807) is 0 Å². The highest BCUT2D eigenvalue weighted by Gasteiger charge is 2.31. The van der Waals surface area contributed by atoms with Crippen molar-refractivity contribution < 1.29 is 22.1 Å². The Morgan fingerprint density at radius 3 is 2.55 bits per heavy atom. The molecule has 0 N–H and O–H groups in total. The second-order valence-corrected chi connectivity index (χ2v) is 7.50. The van der Waals surface area contributed by atoms with Crippen LogP contribution in [0.3, 0.4) is 0 Å². The summed E-state index contributed by atoms with van der Waals surface area (Å²) in [5.41, 5.74) is 0. The first-order valence-corrected chi connectivity index (χ1v) is 9.11. The number of rotatable bonds is 10. The van der Waals surface area contributed by atoms with E-state index in [0.717, 1.165) is 32.1 Å². The molecule has 1 aliphatic rings. The maximum absolute atomic E-state index is 11.5. The highest BCUT2D eigenvalue weighted by molar-refractivity contribution is 7.86. The van der Waals surface area contributed by atoms with Gasteiger partial charge in [-0.1, -0.05) is 26.2 Å². The molecule has 1 fully saturated rings. The van der Waals surface area contributed by atoms with Gasteiger partial charge in [0, 0.05) is 0 Å². The van der Waals surface area contributed by atoms with Gasteiger partial charge in [-0.2, -0.15) is 8.42 Å². The van der Waals surface area contributed by atoms with Gasteiger partial charge < -0.3 is 9.47 Å². The van der Waals surface area contributed by atoms with E-state index in [1.807, 2.05) is 20.8 Å². The molecule has 0 aromatic rings. The number of hydrogen-bond acceptors (Lipinski definition) is 5. The van der Waals surface area contributed by atoms with E-state index in [2.05, 4.69) is 0 Å². The molecule has 0 radical (unpaired) electrons. The topological polar surface area (TPSA) is 61.8 Å². The SMILES string of the molecule is CCCCOS(=O)(=O)CCCCC[C@@H]1COC(C)(C)O1. The Morgan fingerprint density at radius 2 is 1.95 bits per heavy atom. The Kier molecular flexibility index (Phi) is 7.43. The van der Waals surface area contributed by atoms with Crippen molar-refractivity contribution in [2.45, 2.75) is 71.2 Å². The van der Waals surface area contributed by atoms with Crippen molar-refractivity contribution in [2.24, 2.45) is 0 Å². The van der Waals surface area contributed by atoms with Crippen molar-refractivity contribution in [1.82, 2.24) is 0 Å². The highest BCUT2D eigenvalue weighted by atomic mass is 32.2. The van der Waals surface area contributed by atoms with Crippen LogP contribution < -0.4 is 0 Å².